The van der Waals surface area contributed by atoms with Crippen LogP contribution in [0.3, 0.4) is 0 Å². The first-order chi connectivity index (χ1) is 9.12. The van der Waals surface area contributed by atoms with E-state index in [9.17, 15) is 0 Å². The molecule has 2 heterocycles. The average Bonchev–Trinajstić information content (AvgIpc) is 2.41. The smallest absolute Gasteiger partial charge is 0.0233 e. The van der Waals surface area contributed by atoms with Gasteiger partial charge in [-0.1, -0.05) is 32.0 Å². The van der Waals surface area contributed by atoms with Gasteiger partial charge in [0.2, 0.25) is 0 Å². The van der Waals surface area contributed by atoms with Crippen molar-refractivity contribution in [3.63, 3.8) is 0 Å². The van der Waals surface area contributed by atoms with Gasteiger partial charge in [0.25, 0.3) is 0 Å². The van der Waals surface area contributed by atoms with E-state index in [0.29, 0.717) is 5.41 Å². The fourth-order valence-electron chi connectivity index (χ4n) is 3.21. The number of piperidine rings is 1. The van der Waals surface area contributed by atoms with E-state index >= 15 is 0 Å². The van der Waals surface area contributed by atoms with Gasteiger partial charge in [-0.3, -0.25) is 4.90 Å². The number of hydrogen-bond donors (Lipinski definition) is 1. The summed E-state index contributed by atoms with van der Waals surface area (Å²) in [5.74, 6) is 0. The summed E-state index contributed by atoms with van der Waals surface area (Å²) in [4.78, 5) is 2.61. The zero-order chi connectivity index (χ0) is 13.3. The van der Waals surface area contributed by atoms with Crippen LogP contribution in [0.2, 0.25) is 0 Å². The third-order valence-corrected chi connectivity index (χ3v) is 4.77. The van der Waals surface area contributed by atoms with Gasteiger partial charge >= 0.3 is 0 Å². The lowest BCUT2D eigenvalue weighted by atomic mass is 9.82. The lowest BCUT2D eigenvalue weighted by Crippen LogP contribution is -2.36. The second kappa shape index (κ2) is 5.26. The van der Waals surface area contributed by atoms with E-state index in [1.165, 1.54) is 43.5 Å². The highest BCUT2D eigenvalue weighted by atomic mass is 15.1. The third-order valence-electron chi connectivity index (χ3n) is 4.77. The van der Waals surface area contributed by atoms with Crippen molar-refractivity contribution in [1.82, 2.24) is 10.2 Å². The van der Waals surface area contributed by atoms with Crippen LogP contribution in [-0.4, -0.2) is 24.5 Å². The quantitative estimate of drug-likeness (QED) is 0.877. The Bertz CT molecular complexity index is 441. The minimum atomic E-state index is 0.552. The van der Waals surface area contributed by atoms with E-state index in [1.54, 1.807) is 5.56 Å². The number of benzene rings is 1. The van der Waals surface area contributed by atoms with Crippen molar-refractivity contribution < 1.29 is 0 Å². The van der Waals surface area contributed by atoms with E-state index < -0.39 is 0 Å². The molecule has 0 spiro atoms. The number of likely N-dealkylation sites (tertiary alicyclic amines) is 1. The van der Waals surface area contributed by atoms with Crippen LogP contribution in [0.25, 0.3) is 0 Å². The maximum atomic E-state index is 3.47. The monoisotopic (exact) mass is 258 g/mol. The van der Waals surface area contributed by atoms with Gasteiger partial charge in [-0.2, -0.15) is 0 Å². The third kappa shape index (κ3) is 3.18. The van der Waals surface area contributed by atoms with Crippen LogP contribution in [0.4, 0.5) is 0 Å². The molecule has 2 nitrogen and oxygen atoms in total. The van der Waals surface area contributed by atoms with E-state index in [2.05, 4.69) is 42.3 Å². The molecule has 1 saturated heterocycles. The normalized spacial score (nSPS) is 23.1. The van der Waals surface area contributed by atoms with E-state index in [1.807, 2.05) is 0 Å². The highest BCUT2D eigenvalue weighted by Gasteiger charge is 2.25. The van der Waals surface area contributed by atoms with Crippen molar-refractivity contribution in [2.24, 2.45) is 5.41 Å². The first-order valence-corrected chi connectivity index (χ1v) is 7.66. The number of nitrogens with one attached hydrogen (secondary N) is 1. The Kier molecular flexibility index (Phi) is 3.64. The van der Waals surface area contributed by atoms with Crippen LogP contribution in [0, 0.1) is 5.41 Å². The molecular formula is C17H26N2. The van der Waals surface area contributed by atoms with Crippen molar-refractivity contribution in [1.29, 1.82) is 0 Å². The van der Waals surface area contributed by atoms with Gasteiger partial charge in [0.15, 0.2) is 0 Å². The summed E-state index contributed by atoms with van der Waals surface area (Å²) >= 11 is 0. The van der Waals surface area contributed by atoms with Crippen molar-refractivity contribution in [2.75, 3.05) is 19.6 Å². The maximum absolute atomic E-state index is 3.47. The van der Waals surface area contributed by atoms with Crippen molar-refractivity contribution in [2.45, 2.75) is 46.2 Å². The fourth-order valence-corrected chi connectivity index (χ4v) is 3.21. The van der Waals surface area contributed by atoms with Crippen LogP contribution < -0.4 is 5.32 Å². The van der Waals surface area contributed by atoms with Gasteiger partial charge in [0.05, 0.1) is 0 Å². The van der Waals surface area contributed by atoms with Crippen LogP contribution in [0.15, 0.2) is 18.2 Å². The Labute approximate surface area is 117 Å². The highest BCUT2D eigenvalue weighted by Crippen LogP contribution is 2.30. The Morgan fingerprint density at radius 1 is 1.16 bits per heavy atom. The number of nitrogens with zero attached hydrogens (tertiary/aromatic N) is 1. The van der Waals surface area contributed by atoms with Crippen LogP contribution in [0.1, 0.15) is 43.4 Å². The minimum absolute atomic E-state index is 0.552. The maximum Gasteiger partial charge on any atom is 0.0233 e. The van der Waals surface area contributed by atoms with Gasteiger partial charge in [0, 0.05) is 13.1 Å². The molecule has 0 aromatic heterocycles. The topological polar surface area (TPSA) is 15.3 Å². The first kappa shape index (κ1) is 13.1. The number of rotatable bonds is 2. The summed E-state index contributed by atoms with van der Waals surface area (Å²) in [6.07, 6.45) is 3.85. The predicted molar refractivity (Wildman–Crippen MR) is 80.1 cm³/mol. The zero-order valence-electron chi connectivity index (χ0n) is 12.3. The lowest BCUT2D eigenvalue weighted by molar-refractivity contribution is 0.127. The molecule has 1 aromatic rings. The van der Waals surface area contributed by atoms with Crippen molar-refractivity contribution in [3.05, 3.63) is 34.9 Å². The second-order valence-electron chi connectivity index (χ2n) is 6.97. The molecule has 1 N–H and O–H groups in total. The van der Waals surface area contributed by atoms with Crippen LogP contribution >= 0.6 is 0 Å². The Morgan fingerprint density at radius 2 is 1.95 bits per heavy atom. The summed E-state index contributed by atoms with van der Waals surface area (Å²) in [6.45, 7) is 10.6. The Balaban J connectivity index is 1.64. The molecule has 1 aromatic carbocycles. The fraction of sp³-hybridized carbons (Fsp3) is 0.647. The molecule has 2 aliphatic rings. The molecule has 2 heteroatoms. The average molecular weight is 258 g/mol. The van der Waals surface area contributed by atoms with Gasteiger partial charge < -0.3 is 5.32 Å². The summed E-state index contributed by atoms with van der Waals surface area (Å²) in [7, 11) is 0. The summed E-state index contributed by atoms with van der Waals surface area (Å²) < 4.78 is 0. The molecule has 0 saturated carbocycles. The predicted octanol–water partition coefficient (Wildman–Crippen LogP) is 2.95. The second-order valence-corrected chi connectivity index (χ2v) is 6.97. The van der Waals surface area contributed by atoms with Crippen LogP contribution in [0.5, 0.6) is 0 Å². The molecule has 0 radical (unpaired) electrons. The SMILES string of the molecule is CC1(C)CCN(Cc2ccc3c(c2)CNCC3)CC1. The summed E-state index contributed by atoms with van der Waals surface area (Å²) in [5.41, 5.74) is 5.10. The van der Waals surface area contributed by atoms with E-state index in [-0.39, 0.29) is 0 Å². The number of fused-ring (bicyclic) bond motifs is 1. The van der Waals surface area contributed by atoms with Gasteiger partial charge in [-0.05, 0) is 61.0 Å². The molecule has 3 rings (SSSR count). The van der Waals surface area contributed by atoms with Gasteiger partial charge in [0.1, 0.15) is 0 Å². The van der Waals surface area contributed by atoms with Gasteiger partial charge in [-0.25, -0.2) is 0 Å². The van der Waals surface area contributed by atoms with E-state index in [4.69, 9.17) is 0 Å². The first-order valence-electron chi connectivity index (χ1n) is 7.66. The Hall–Kier alpha value is -0.860. The molecular weight excluding hydrogens is 232 g/mol. The van der Waals surface area contributed by atoms with Crippen molar-refractivity contribution in [3.8, 4) is 0 Å². The number of hydrogen-bond acceptors (Lipinski definition) is 2. The molecule has 0 amide bonds. The standard InChI is InChI=1S/C17H26N2/c1-17(2)6-9-19(10-7-17)13-14-3-4-15-5-8-18-12-16(15)11-14/h3-4,11,18H,5-10,12-13H2,1-2H3. The summed E-state index contributed by atoms with van der Waals surface area (Å²) in [6, 6.07) is 7.10. The Morgan fingerprint density at radius 3 is 2.74 bits per heavy atom. The molecule has 0 bridgehead atoms. The molecule has 0 aliphatic carbocycles. The van der Waals surface area contributed by atoms with Crippen molar-refractivity contribution >= 4 is 0 Å². The molecule has 0 unspecified atom stereocenters. The van der Waals surface area contributed by atoms with Gasteiger partial charge in [-0.15, -0.1) is 0 Å². The summed E-state index contributed by atoms with van der Waals surface area (Å²) in [5, 5.41) is 3.47. The molecule has 1 fully saturated rings. The minimum Gasteiger partial charge on any atom is -0.312 e. The lowest BCUT2D eigenvalue weighted by Gasteiger charge is -2.37. The largest absolute Gasteiger partial charge is 0.312 e. The molecule has 2 aliphatic heterocycles. The highest BCUT2D eigenvalue weighted by molar-refractivity contribution is 5.33. The van der Waals surface area contributed by atoms with E-state index in [0.717, 1.165) is 19.6 Å². The zero-order valence-corrected chi connectivity index (χ0v) is 12.3. The van der Waals surface area contributed by atoms with Crippen LogP contribution in [-0.2, 0) is 19.5 Å². The molecule has 104 valence electrons. The molecule has 19 heavy (non-hydrogen) atoms. The molecule has 0 atom stereocenters.